The number of rotatable bonds is 6. The van der Waals surface area contributed by atoms with Crippen LogP contribution in [0.15, 0.2) is 42.5 Å². The van der Waals surface area contributed by atoms with Crippen molar-refractivity contribution in [3.63, 3.8) is 0 Å². The van der Waals surface area contributed by atoms with Gasteiger partial charge in [-0.05, 0) is 36.2 Å². The van der Waals surface area contributed by atoms with Crippen LogP contribution in [0.25, 0.3) is 0 Å². The van der Waals surface area contributed by atoms with Crippen LogP contribution in [0.4, 0.5) is 0 Å². The number of hydrogen-bond donors (Lipinski definition) is 0. The van der Waals surface area contributed by atoms with Crippen molar-refractivity contribution in [1.29, 1.82) is 0 Å². The first-order valence-electron chi connectivity index (χ1n) is 8.56. The van der Waals surface area contributed by atoms with E-state index in [0.29, 0.717) is 32.8 Å². The topological polar surface area (TPSA) is 63.7 Å². The van der Waals surface area contributed by atoms with E-state index in [1.807, 2.05) is 0 Å². The van der Waals surface area contributed by atoms with Crippen LogP contribution < -0.4 is 4.74 Å². The molecule has 2 aromatic rings. The number of sulfone groups is 1. The molecule has 1 amide bonds. The van der Waals surface area contributed by atoms with Crippen LogP contribution >= 0.6 is 34.8 Å². The van der Waals surface area contributed by atoms with Gasteiger partial charge in [0.1, 0.15) is 5.75 Å². The van der Waals surface area contributed by atoms with Gasteiger partial charge in [0.15, 0.2) is 16.4 Å². The van der Waals surface area contributed by atoms with Gasteiger partial charge in [-0.1, -0.05) is 53.0 Å². The van der Waals surface area contributed by atoms with Crippen molar-refractivity contribution in [3.8, 4) is 5.75 Å². The van der Waals surface area contributed by atoms with Crippen molar-refractivity contribution in [3.05, 3.63) is 63.1 Å². The lowest BCUT2D eigenvalue weighted by atomic mass is 10.1. The zero-order valence-electron chi connectivity index (χ0n) is 14.8. The molecular weight excluding hydrogens is 445 g/mol. The molecule has 2 aromatic carbocycles. The third kappa shape index (κ3) is 5.32. The van der Waals surface area contributed by atoms with Gasteiger partial charge in [-0.2, -0.15) is 0 Å². The third-order valence-electron chi connectivity index (χ3n) is 4.51. The van der Waals surface area contributed by atoms with Gasteiger partial charge in [-0.3, -0.25) is 4.79 Å². The Labute approximate surface area is 179 Å². The predicted octanol–water partition coefficient (Wildman–Crippen LogP) is 4.24. The van der Waals surface area contributed by atoms with Crippen molar-refractivity contribution < 1.29 is 17.9 Å². The lowest BCUT2D eigenvalue weighted by Gasteiger charge is -2.29. The van der Waals surface area contributed by atoms with E-state index >= 15 is 0 Å². The number of benzene rings is 2. The lowest BCUT2D eigenvalue weighted by molar-refractivity contribution is -0.136. The minimum absolute atomic E-state index is 0.0567. The molecule has 5 nitrogen and oxygen atoms in total. The number of nitrogens with zero attached hydrogens (tertiary/aromatic N) is 1. The molecule has 0 saturated carbocycles. The van der Waals surface area contributed by atoms with Crippen molar-refractivity contribution in [2.75, 3.05) is 18.1 Å². The first kappa shape index (κ1) is 21.2. The minimum atomic E-state index is -3.17. The summed E-state index contributed by atoms with van der Waals surface area (Å²) in [5.41, 5.74) is 0.682. The van der Waals surface area contributed by atoms with E-state index in [-0.39, 0.29) is 30.6 Å². The SMILES string of the molecule is O=C(COc1ccccc1Cl)N(Cc1ccc(Cl)cc1Cl)C1CCS(=O)(=O)C1. The zero-order chi connectivity index (χ0) is 20.3. The molecule has 1 saturated heterocycles. The summed E-state index contributed by atoms with van der Waals surface area (Å²) >= 11 is 18.2. The highest BCUT2D eigenvalue weighted by Gasteiger charge is 2.35. The number of amides is 1. The van der Waals surface area contributed by atoms with E-state index in [2.05, 4.69) is 0 Å². The second kappa shape index (κ2) is 8.91. The highest BCUT2D eigenvalue weighted by molar-refractivity contribution is 7.91. The van der Waals surface area contributed by atoms with E-state index < -0.39 is 15.9 Å². The van der Waals surface area contributed by atoms with E-state index in [4.69, 9.17) is 39.5 Å². The summed E-state index contributed by atoms with van der Waals surface area (Å²) in [7, 11) is -3.17. The van der Waals surface area contributed by atoms with Gasteiger partial charge in [0, 0.05) is 22.6 Å². The van der Waals surface area contributed by atoms with Crippen LogP contribution in [0.5, 0.6) is 5.75 Å². The van der Waals surface area contributed by atoms with Gasteiger partial charge in [0.2, 0.25) is 0 Å². The van der Waals surface area contributed by atoms with Crippen molar-refractivity contribution >= 4 is 50.5 Å². The van der Waals surface area contributed by atoms with Crippen molar-refractivity contribution in [1.82, 2.24) is 4.90 Å². The Kier molecular flexibility index (Phi) is 6.76. The second-order valence-corrected chi connectivity index (χ2v) is 10.0. The number of carbonyl (C=O) groups excluding carboxylic acids is 1. The Morgan fingerprint density at radius 1 is 1.11 bits per heavy atom. The zero-order valence-corrected chi connectivity index (χ0v) is 17.9. The summed E-state index contributed by atoms with van der Waals surface area (Å²) in [5, 5.41) is 1.29. The molecule has 1 heterocycles. The first-order chi connectivity index (χ1) is 13.2. The number of hydrogen-bond acceptors (Lipinski definition) is 4. The molecule has 150 valence electrons. The summed E-state index contributed by atoms with van der Waals surface area (Å²) in [6.07, 6.45) is 0.380. The molecule has 0 spiro atoms. The number of para-hydroxylation sites is 1. The van der Waals surface area contributed by atoms with Gasteiger partial charge < -0.3 is 9.64 Å². The monoisotopic (exact) mass is 461 g/mol. The average Bonchev–Trinajstić information content (AvgIpc) is 2.99. The van der Waals surface area contributed by atoms with Gasteiger partial charge in [0.25, 0.3) is 5.91 Å². The van der Waals surface area contributed by atoms with Crippen LogP contribution in [0.2, 0.25) is 15.1 Å². The summed E-state index contributed by atoms with van der Waals surface area (Å²) in [5.74, 6) is 0.0334. The molecule has 3 rings (SSSR count). The van der Waals surface area contributed by atoms with Gasteiger partial charge in [-0.15, -0.1) is 0 Å². The Bertz CT molecular complexity index is 981. The molecule has 0 bridgehead atoms. The van der Waals surface area contributed by atoms with Crippen molar-refractivity contribution in [2.24, 2.45) is 0 Å². The maximum atomic E-state index is 12.9. The highest BCUT2D eigenvalue weighted by atomic mass is 35.5. The fourth-order valence-electron chi connectivity index (χ4n) is 3.06. The summed E-state index contributed by atoms with van der Waals surface area (Å²) in [4.78, 5) is 14.4. The van der Waals surface area contributed by atoms with Crippen molar-refractivity contribution in [2.45, 2.75) is 19.0 Å². The lowest BCUT2D eigenvalue weighted by Crippen LogP contribution is -2.43. The molecule has 0 N–H and O–H groups in total. The fourth-order valence-corrected chi connectivity index (χ4v) is 5.45. The smallest absolute Gasteiger partial charge is 0.261 e. The van der Waals surface area contributed by atoms with E-state index in [0.717, 1.165) is 0 Å². The van der Waals surface area contributed by atoms with Crippen LogP contribution in [0.1, 0.15) is 12.0 Å². The molecule has 1 aliphatic heterocycles. The molecular formula is C19H18Cl3NO4S. The Morgan fingerprint density at radius 3 is 2.50 bits per heavy atom. The number of ether oxygens (including phenoxy) is 1. The summed E-state index contributed by atoms with van der Waals surface area (Å²) in [6.45, 7) is -0.0909. The molecule has 1 aliphatic rings. The molecule has 0 radical (unpaired) electrons. The number of carbonyl (C=O) groups is 1. The molecule has 0 aromatic heterocycles. The van der Waals surface area contributed by atoms with Gasteiger partial charge >= 0.3 is 0 Å². The Balaban J connectivity index is 1.79. The third-order valence-corrected chi connectivity index (χ3v) is 7.16. The maximum Gasteiger partial charge on any atom is 0.261 e. The summed E-state index contributed by atoms with van der Waals surface area (Å²) < 4.78 is 29.4. The van der Waals surface area contributed by atoms with Crippen LogP contribution in [-0.2, 0) is 21.2 Å². The molecule has 0 aliphatic carbocycles. The maximum absolute atomic E-state index is 12.9. The van der Waals surface area contributed by atoms with Crippen LogP contribution in [0, 0.1) is 0 Å². The normalized spacial score (nSPS) is 18.0. The quantitative estimate of drug-likeness (QED) is 0.644. The van der Waals surface area contributed by atoms with E-state index in [1.165, 1.54) is 4.90 Å². The van der Waals surface area contributed by atoms with E-state index in [1.54, 1.807) is 42.5 Å². The molecule has 1 unspecified atom stereocenters. The van der Waals surface area contributed by atoms with Crippen LogP contribution in [0.3, 0.4) is 0 Å². The highest BCUT2D eigenvalue weighted by Crippen LogP contribution is 2.27. The van der Waals surface area contributed by atoms with Gasteiger partial charge in [0.05, 0.1) is 16.5 Å². The Morgan fingerprint density at radius 2 is 1.86 bits per heavy atom. The van der Waals surface area contributed by atoms with Crippen LogP contribution in [-0.4, -0.2) is 43.4 Å². The molecule has 9 heteroatoms. The standard InChI is InChI=1S/C19H18Cl3NO4S/c20-14-6-5-13(17(22)9-14)10-23(15-7-8-28(25,26)12-15)19(24)11-27-18-4-2-1-3-16(18)21/h1-6,9,15H,7-8,10-12H2. The average molecular weight is 463 g/mol. The largest absolute Gasteiger partial charge is 0.482 e. The van der Waals surface area contributed by atoms with Gasteiger partial charge in [-0.25, -0.2) is 8.42 Å². The Hall–Kier alpha value is -1.47. The second-order valence-electron chi connectivity index (χ2n) is 6.53. The minimum Gasteiger partial charge on any atom is -0.482 e. The summed E-state index contributed by atoms with van der Waals surface area (Å²) in [6, 6.07) is 11.4. The fraction of sp³-hybridized carbons (Fsp3) is 0.316. The molecule has 28 heavy (non-hydrogen) atoms. The molecule has 1 fully saturated rings. The number of halogens is 3. The predicted molar refractivity (Wildman–Crippen MR) is 111 cm³/mol. The van der Waals surface area contributed by atoms with E-state index in [9.17, 15) is 13.2 Å². The molecule has 1 atom stereocenters. The first-order valence-corrected chi connectivity index (χ1v) is 11.5.